The smallest absolute Gasteiger partial charge is 0.401 e. The van der Waals surface area contributed by atoms with Gasteiger partial charge >= 0.3 is 5.88 Å². The zero-order valence-electron chi connectivity index (χ0n) is 8.80. The number of nitro groups is 1. The fourth-order valence-electron chi connectivity index (χ4n) is 1.23. The van der Waals surface area contributed by atoms with E-state index in [-0.39, 0.29) is 11.6 Å². The van der Waals surface area contributed by atoms with Crippen LogP contribution in [0, 0.1) is 10.1 Å². The van der Waals surface area contributed by atoms with Crippen LogP contribution >= 0.6 is 0 Å². The molecule has 1 rings (SSSR count). The number of hydrogen-bond donors (Lipinski definition) is 1. The van der Waals surface area contributed by atoms with Crippen LogP contribution in [-0.2, 0) is 4.79 Å². The summed E-state index contributed by atoms with van der Waals surface area (Å²) >= 11 is 0. The summed E-state index contributed by atoms with van der Waals surface area (Å²) in [7, 11) is 0. The maximum Gasteiger partial charge on any atom is 0.433 e. The minimum atomic E-state index is -0.638. The van der Waals surface area contributed by atoms with E-state index in [1.807, 2.05) is 6.92 Å². The van der Waals surface area contributed by atoms with Crippen LogP contribution in [0.25, 0.3) is 6.08 Å². The quantitative estimate of drug-likeness (QED) is 0.468. The summed E-state index contributed by atoms with van der Waals surface area (Å²) in [6.07, 6.45) is 2.71. The van der Waals surface area contributed by atoms with Crippen LogP contribution in [0.5, 0.6) is 0 Å². The van der Waals surface area contributed by atoms with Crippen LogP contribution in [0.2, 0.25) is 0 Å². The Morgan fingerprint density at radius 1 is 1.62 bits per heavy atom. The van der Waals surface area contributed by atoms with Gasteiger partial charge in [-0.05, 0) is 18.6 Å². The fourth-order valence-corrected chi connectivity index (χ4v) is 1.23. The first-order valence-corrected chi connectivity index (χ1v) is 4.79. The van der Waals surface area contributed by atoms with Crippen molar-refractivity contribution in [2.24, 2.45) is 5.73 Å². The molecule has 1 aromatic heterocycles. The molecule has 0 aliphatic carbocycles. The molecule has 1 amide bonds. The Balaban J connectivity index is 2.94. The Morgan fingerprint density at radius 2 is 2.31 bits per heavy atom. The zero-order chi connectivity index (χ0) is 12.1. The number of rotatable bonds is 5. The average Bonchev–Trinajstić information content (AvgIpc) is 2.65. The SMILES string of the molecule is CCC/C(=C\c1ccc([N+](=O)[O-])o1)C(N)=O. The Kier molecular flexibility index (Phi) is 3.82. The molecule has 0 saturated carbocycles. The Hall–Kier alpha value is -2.11. The predicted molar refractivity (Wildman–Crippen MR) is 57.4 cm³/mol. The first kappa shape index (κ1) is 12.0. The van der Waals surface area contributed by atoms with E-state index in [0.717, 1.165) is 6.42 Å². The molecule has 0 unspecified atom stereocenters. The molecule has 1 heterocycles. The minimum Gasteiger partial charge on any atom is -0.401 e. The standard InChI is InChI=1S/C10H12N2O4/c1-2-3-7(10(11)13)6-8-4-5-9(16-8)12(14)15/h4-6H,2-3H2,1H3,(H2,11,13)/b7-6+. The predicted octanol–water partition coefficient (Wildman–Crippen LogP) is 1.86. The van der Waals surface area contributed by atoms with Crippen LogP contribution in [0.4, 0.5) is 5.88 Å². The maximum atomic E-state index is 11.0. The molecule has 0 bridgehead atoms. The second-order valence-electron chi connectivity index (χ2n) is 3.22. The molecule has 2 N–H and O–H groups in total. The van der Waals surface area contributed by atoms with E-state index in [9.17, 15) is 14.9 Å². The number of hydrogen-bond acceptors (Lipinski definition) is 4. The van der Waals surface area contributed by atoms with Gasteiger partial charge in [0.05, 0.1) is 6.07 Å². The lowest BCUT2D eigenvalue weighted by molar-refractivity contribution is -0.402. The molecule has 6 nitrogen and oxygen atoms in total. The summed E-state index contributed by atoms with van der Waals surface area (Å²) in [5.41, 5.74) is 5.55. The van der Waals surface area contributed by atoms with Crippen molar-refractivity contribution in [1.29, 1.82) is 0 Å². The summed E-state index contributed by atoms with van der Waals surface area (Å²) in [6, 6.07) is 2.66. The van der Waals surface area contributed by atoms with Crippen molar-refractivity contribution in [2.45, 2.75) is 19.8 Å². The van der Waals surface area contributed by atoms with E-state index in [4.69, 9.17) is 10.2 Å². The van der Waals surface area contributed by atoms with E-state index in [0.29, 0.717) is 12.0 Å². The lowest BCUT2D eigenvalue weighted by Gasteiger charge is -1.98. The molecule has 0 fully saturated rings. The van der Waals surface area contributed by atoms with Gasteiger partial charge in [0.2, 0.25) is 5.91 Å². The normalized spacial score (nSPS) is 11.4. The van der Waals surface area contributed by atoms with Crippen LogP contribution in [-0.4, -0.2) is 10.8 Å². The Morgan fingerprint density at radius 3 is 2.75 bits per heavy atom. The first-order valence-electron chi connectivity index (χ1n) is 4.79. The number of nitrogens with two attached hydrogens (primary N) is 1. The summed E-state index contributed by atoms with van der Waals surface area (Å²) in [5, 5.41) is 10.4. The van der Waals surface area contributed by atoms with Gasteiger partial charge < -0.3 is 10.2 Å². The second-order valence-corrected chi connectivity index (χ2v) is 3.22. The highest BCUT2D eigenvalue weighted by Crippen LogP contribution is 2.19. The first-order chi connectivity index (χ1) is 7.54. The number of amides is 1. The van der Waals surface area contributed by atoms with Gasteiger partial charge in [0.1, 0.15) is 10.7 Å². The molecular weight excluding hydrogens is 212 g/mol. The van der Waals surface area contributed by atoms with Crippen LogP contribution in [0.3, 0.4) is 0 Å². The molecule has 0 atom stereocenters. The zero-order valence-corrected chi connectivity index (χ0v) is 8.80. The highest BCUT2D eigenvalue weighted by Gasteiger charge is 2.12. The van der Waals surface area contributed by atoms with E-state index in [1.165, 1.54) is 18.2 Å². The lowest BCUT2D eigenvalue weighted by atomic mass is 10.1. The number of carbonyl (C=O) groups is 1. The molecule has 0 radical (unpaired) electrons. The van der Waals surface area contributed by atoms with Crippen molar-refractivity contribution in [2.75, 3.05) is 0 Å². The van der Waals surface area contributed by atoms with Crippen molar-refractivity contribution >= 4 is 17.9 Å². The van der Waals surface area contributed by atoms with Gasteiger partial charge in [0.25, 0.3) is 0 Å². The molecular formula is C10H12N2O4. The molecule has 0 saturated heterocycles. The van der Waals surface area contributed by atoms with Gasteiger partial charge in [-0.2, -0.15) is 0 Å². The summed E-state index contributed by atoms with van der Waals surface area (Å²) in [4.78, 5) is 20.7. The van der Waals surface area contributed by atoms with Gasteiger partial charge in [0.15, 0.2) is 0 Å². The number of furan rings is 1. The van der Waals surface area contributed by atoms with Crippen molar-refractivity contribution in [3.8, 4) is 0 Å². The highest BCUT2D eigenvalue weighted by molar-refractivity contribution is 5.96. The van der Waals surface area contributed by atoms with E-state index in [2.05, 4.69) is 0 Å². The van der Waals surface area contributed by atoms with Gasteiger partial charge in [0, 0.05) is 5.57 Å². The molecule has 86 valence electrons. The van der Waals surface area contributed by atoms with E-state index in [1.54, 1.807) is 0 Å². The summed E-state index contributed by atoms with van der Waals surface area (Å²) in [5.74, 6) is -0.638. The van der Waals surface area contributed by atoms with E-state index < -0.39 is 10.8 Å². The highest BCUT2D eigenvalue weighted by atomic mass is 16.6. The molecule has 0 spiro atoms. The van der Waals surface area contributed by atoms with Crippen LogP contribution in [0.1, 0.15) is 25.5 Å². The number of nitrogens with zero attached hydrogens (tertiary/aromatic N) is 1. The molecule has 6 heteroatoms. The second kappa shape index (κ2) is 5.11. The average molecular weight is 224 g/mol. The number of primary amides is 1. The minimum absolute atomic E-state index is 0.258. The molecule has 16 heavy (non-hydrogen) atoms. The third-order valence-electron chi connectivity index (χ3n) is 1.94. The molecule has 1 aromatic rings. The largest absolute Gasteiger partial charge is 0.433 e. The van der Waals surface area contributed by atoms with Crippen molar-refractivity contribution in [3.05, 3.63) is 33.6 Å². The van der Waals surface area contributed by atoms with Gasteiger partial charge in [-0.25, -0.2) is 0 Å². The summed E-state index contributed by atoms with van der Waals surface area (Å²) < 4.78 is 4.89. The molecule has 0 aliphatic rings. The van der Waals surface area contributed by atoms with Crippen molar-refractivity contribution in [3.63, 3.8) is 0 Å². The third kappa shape index (κ3) is 2.94. The van der Waals surface area contributed by atoms with E-state index >= 15 is 0 Å². The van der Waals surface area contributed by atoms with Gasteiger partial charge in [-0.1, -0.05) is 13.3 Å². The van der Waals surface area contributed by atoms with Gasteiger partial charge in [-0.3, -0.25) is 14.9 Å². The van der Waals surface area contributed by atoms with Crippen LogP contribution < -0.4 is 5.73 Å². The molecule has 0 aromatic carbocycles. The van der Waals surface area contributed by atoms with Crippen molar-refractivity contribution in [1.82, 2.24) is 0 Å². The fraction of sp³-hybridized carbons (Fsp3) is 0.300. The Labute approximate surface area is 91.9 Å². The topological polar surface area (TPSA) is 99.4 Å². The third-order valence-corrected chi connectivity index (χ3v) is 1.94. The number of carbonyl (C=O) groups excluding carboxylic acids is 1. The molecule has 0 aliphatic heterocycles. The lowest BCUT2D eigenvalue weighted by Crippen LogP contribution is -2.13. The van der Waals surface area contributed by atoms with Crippen LogP contribution in [0.15, 0.2) is 22.1 Å². The Bertz CT molecular complexity index is 434. The van der Waals surface area contributed by atoms with Gasteiger partial charge in [-0.15, -0.1) is 0 Å². The maximum absolute atomic E-state index is 11.0. The monoisotopic (exact) mass is 224 g/mol. The summed E-state index contributed by atoms with van der Waals surface area (Å²) in [6.45, 7) is 1.90. The van der Waals surface area contributed by atoms with Crippen molar-refractivity contribution < 1.29 is 14.1 Å².